The van der Waals surface area contributed by atoms with Gasteiger partial charge < -0.3 is 5.32 Å². The van der Waals surface area contributed by atoms with Gasteiger partial charge in [-0.3, -0.25) is 19.7 Å². The van der Waals surface area contributed by atoms with Crippen molar-refractivity contribution in [3.05, 3.63) is 67.7 Å². The fraction of sp³-hybridized carbons (Fsp3) is 0.167. The lowest BCUT2D eigenvalue weighted by Gasteiger charge is -2.09. The van der Waals surface area contributed by atoms with Crippen LogP contribution in [0.5, 0.6) is 0 Å². The van der Waals surface area contributed by atoms with Crippen LogP contribution in [0.2, 0.25) is 10.0 Å². The van der Waals surface area contributed by atoms with Crippen LogP contribution >= 0.6 is 23.2 Å². The number of nitrogens with zero attached hydrogens (tertiary/aromatic N) is 2. The maximum atomic E-state index is 12.1. The number of nitro benzene ring substituents is 1. The molecule has 0 saturated heterocycles. The molecule has 2 aromatic carbocycles. The van der Waals surface area contributed by atoms with Gasteiger partial charge in [-0.05, 0) is 43.7 Å². The van der Waals surface area contributed by atoms with Crippen molar-refractivity contribution >= 4 is 52.1 Å². The highest BCUT2D eigenvalue weighted by molar-refractivity contribution is 6.33. The van der Waals surface area contributed by atoms with E-state index in [1.165, 1.54) is 12.1 Å². The molecule has 2 rings (SSSR count). The van der Waals surface area contributed by atoms with Crippen LogP contribution in [0.15, 0.2) is 41.5 Å². The predicted molar refractivity (Wildman–Crippen MR) is 108 cm³/mol. The summed E-state index contributed by atoms with van der Waals surface area (Å²) in [7, 11) is 0. The highest BCUT2D eigenvalue weighted by Crippen LogP contribution is 2.25. The highest BCUT2D eigenvalue weighted by Gasteiger charge is 2.15. The lowest BCUT2D eigenvalue weighted by Crippen LogP contribution is -2.21. The van der Waals surface area contributed by atoms with E-state index in [0.717, 1.165) is 11.6 Å². The van der Waals surface area contributed by atoms with Crippen LogP contribution < -0.4 is 10.7 Å². The van der Waals surface area contributed by atoms with Crippen LogP contribution in [-0.4, -0.2) is 22.4 Å². The number of nitro groups is 1. The summed E-state index contributed by atoms with van der Waals surface area (Å²) in [4.78, 5) is 34.3. The van der Waals surface area contributed by atoms with Crippen LogP contribution in [0, 0.1) is 17.0 Å². The van der Waals surface area contributed by atoms with E-state index in [4.69, 9.17) is 23.2 Å². The monoisotopic (exact) mass is 422 g/mol. The lowest BCUT2D eigenvalue weighted by molar-refractivity contribution is -0.384. The summed E-state index contributed by atoms with van der Waals surface area (Å²) in [5, 5.41) is 17.7. The van der Waals surface area contributed by atoms with E-state index in [0.29, 0.717) is 16.4 Å². The number of hydrogen-bond acceptors (Lipinski definition) is 5. The van der Waals surface area contributed by atoms with Crippen LogP contribution in [0.4, 0.5) is 11.4 Å². The summed E-state index contributed by atoms with van der Waals surface area (Å²) in [5.41, 5.74) is 3.78. The van der Waals surface area contributed by atoms with Crippen molar-refractivity contribution in [3.8, 4) is 0 Å². The fourth-order valence-electron chi connectivity index (χ4n) is 2.22. The normalized spacial score (nSPS) is 11.1. The summed E-state index contributed by atoms with van der Waals surface area (Å²) in [6.45, 7) is 3.36. The van der Waals surface area contributed by atoms with Crippen molar-refractivity contribution in [1.29, 1.82) is 0 Å². The first-order valence-corrected chi connectivity index (χ1v) is 8.77. The van der Waals surface area contributed by atoms with E-state index >= 15 is 0 Å². The van der Waals surface area contributed by atoms with Gasteiger partial charge in [-0.15, -0.1) is 0 Å². The van der Waals surface area contributed by atoms with Crippen LogP contribution in [0.3, 0.4) is 0 Å². The molecule has 10 heteroatoms. The number of amides is 2. The molecule has 2 amide bonds. The first-order valence-electron chi connectivity index (χ1n) is 8.01. The Labute approximate surface area is 170 Å². The summed E-state index contributed by atoms with van der Waals surface area (Å²) in [5.74, 6) is -0.929. The number of rotatable bonds is 6. The van der Waals surface area contributed by atoms with Crippen molar-refractivity contribution < 1.29 is 14.5 Å². The van der Waals surface area contributed by atoms with Crippen LogP contribution in [-0.2, 0) is 4.79 Å². The Bertz CT molecular complexity index is 976. The molecule has 8 nitrogen and oxygen atoms in total. The van der Waals surface area contributed by atoms with Crippen molar-refractivity contribution in [2.75, 3.05) is 5.32 Å². The van der Waals surface area contributed by atoms with Gasteiger partial charge >= 0.3 is 0 Å². The third-order valence-electron chi connectivity index (χ3n) is 3.71. The zero-order chi connectivity index (χ0) is 20.8. The first kappa shape index (κ1) is 21.3. The molecule has 0 aliphatic carbocycles. The molecule has 28 heavy (non-hydrogen) atoms. The maximum absolute atomic E-state index is 12.1. The number of hydrogen-bond donors (Lipinski definition) is 2. The van der Waals surface area contributed by atoms with Gasteiger partial charge in [0, 0.05) is 28.1 Å². The number of carbonyl (C=O) groups is 2. The molecule has 0 atom stereocenters. The molecule has 146 valence electrons. The second kappa shape index (κ2) is 9.29. The molecule has 0 saturated carbocycles. The Kier molecular flexibility index (Phi) is 7.08. The van der Waals surface area contributed by atoms with E-state index < -0.39 is 10.8 Å². The van der Waals surface area contributed by atoms with Gasteiger partial charge in [-0.25, -0.2) is 5.43 Å². The Hall–Kier alpha value is -2.97. The predicted octanol–water partition coefficient (Wildman–Crippen LogP) is 4.34. The van der Waals surface area contributed by atoms with E-state index in [9.17, 15) is 19.7 Å². The number of anilines is 1. The third-order valence-corrected chi connectivity index (χ3v) is 4.43. The van der Waals surface area contributed by atoms with E-state index in [-0.39, 0.29) is 28.6 Å². The molecular formula is C18H16Cl2N4O4. The maximum Gasteiger partial charge on any atom is 0.287 e. The quantitative estimate of drug-likeness (QED) is 0.409. The minimum atomic E-state index is -0.646. The zero-order valence-corrected chi connectivity index (χ0v) is 16.5. The minimum absolute atomic E-state index is 0.0484. The summed E-state index contributed by atoms with van der Waals surface area (Å²) in [6.07, 6.45) is -0.0484. The first-order chi connectivity index (χ1) is 13.2. The van der Waals surface area contributed by atoms with E-state index in [1.807, 2.05) is 0 Å². The van der Waals surface area contributed by atoms with Gasteiger partial charge in [-0.1, -0.05) is 29.3 Å². The third kappa shape index (κ3) is 5.51. The van der Waals surface area contributed by atoms with Gasteiger partial charge in [-0.2, -0.15) is 5.10 Å². The Morgan fingerprint density at radius 2 is 1.89 bits per heavy atom. The summed E-state index contributed by atoms with van der Waals surface area (Å²) in [6, 6.07) is 8.74. The van der Waals surface area contributed by atoms with Gasteiger partial charge in [0.2, 0.25) is 5.91 Å². The van der Waals surface area contributed by atoms with Crippen LogP contribution in [0.1, 0.15) is 29.3 Å². The number of halogens is 2. The van der Waals surface area contributed by atoms with E-state index in [1.54, 1.807) is 32.0 Å². The highest BCUT2D eigenvalue weighted by atomic mass is 35.5. The average molecular weight is 423 g/mol. The van der Waals surface area contributed by atoms with Gasteiger partial charge in [0.15, 0.2) is 0 Å². The molecule has 2 aromatic rings. The van der Waals surface area contributed by atoms with Crippen molar-refractivity contribution in [2.24, 2.45) is 5.10 Å². The molecule has 0 aliphatic heterocycles. The number of benzene rings is 2. The second-order valence-corrected chi connectivity index (χ2v) is 6.66. The molecular weight excluding hydrogens is 407 g/mol. The van der Waals surface area contributed by atoms with Gasteiger partial charge in [0.05, 0.1) is 11.3 Å². The molecule has 0 spiro atoms. The van der Waals surface area contributed by atoms with Crippen molar-refractivity contribution in [2.45, 2.75) is 20.3 Å². The average Bonchev–Trinajstić information content (AvgIpc) is 2.63. The minimum Gasteiger partial charge on any atom is -0.325 e. The SMILES string of the molecule is C/C(CC(=O)Nc1cccc(Cl)c1C)=N/NC(=O)c1ccc([N+](=O)[O-])c(Cl)c1. The molecule has 0 fully saturated rings. The van der Waals surface area contributed by atoms with Crippen molar-refractivity contribution in [3.63, 3.8) is 0 Å². The molecule has 0 radical (unpaired) electrons. The summed E-state index contributed by atoms with van der Waals surface area (Å²) < 4.78 is 0. The number of hydrazone groups is 1. The Balaban J connectivity index is 1.97. The number of carbonyl (C=O) groups excluding carboxylic acids is 2. The van der Waals surface area contributed by atoms with Crippen molar-refractivity contribution in [1.82, 2.24) is 5.43 Å². The molecule has 0 heterocycles. The molecule has 2 N–H and O–H groups in total. The summed E-state index contributed by atoms with van der Waals surface area (Å²) >= 11 is 11.8. The fourth-order valence-corrected chi connectivity index (χ4v) is 2.64. The standard InChI is InChI=1S/C18H16Cl2N4O4/c1-10(8-17(25)21-15-5-3-4-13(19)11(15)2)22-23-18(26)12-6-7-16(24(27)28)14(20)9-12/h3-7,9H,8H2,1-2H3,(H,21,25)(H,23,26)/b22-10-. The number of nitrogens with one attached hydrogen (secondary N) is 2. The van der Waals surface area contributed by atoms with Gasteiger partial charge in [0.1, 0.15) is 5.02 Å². The largest absolute Gasteiger partial charge is 0.325 e. The molecule has 0 bridgehead atoms. The molecule has 0 aromatic heterocycles. The topological polar surface area (TPSA) is 114 Å². The lowest BCUT2D eigenvalue weighted by atomic mass is 10.2. The second-order valence-electron chi connectivity index (χ2n) is 5.85. The van der Waals surface area contributed by atoms with E-state index in [2.05, 4.69) is 15.8 Å². The van der Waals surface area contributed by atoms with Gasteiger partial charge in [0.25, 0.3) is 11.6 Å². The smallest absolute Gasteiger partial charge is 0.287 e. The molecule has 0 aliphatic rings. The Morgan fingerprint density at radius 1 is 1.18 bits per heavy atom. The van der Waals surface area contributed by atoms with Crippen LogP contribution in [0.25, 0.3) is 0 Å². The molecule has 0 unspecified atom stereocenters. The Morgan fingerprint density at radius 3 is 2.54 bits per heavy atom. The zero-order valence-electron chi connectivity index (χ0n) is 15.0.